The molecular weight excluding hydrogens is 94.1 g/mol. The summed E-state index contributed by atoms with van der Waals surface area (Å²) < 4.78 is 0. The highest BCUT2D eigenvalue weighted by atomic mass is 16.5. The molecule has 0 aliphatic carbocycles. The van der Waals surface area contributed by atoms with Crippen LogP contribution in [0.25, 0.3) is 0 Å². The molecule has 0 atom stereocenters. The van der Waals surface area contributed by atoms with Crippen LogP contribution in [0.15, 0.2) is 0 Å². The molecule has 0 unspecified atom stereocenters. The summed E-state index contributed by atoms with van der Waals surface area (Å²) in [5.74, 6) is 0. The molecule has 0 saturated carbocycles. The molecule has 4 heteroatoms. The van der Waals surface area contributed by atoms with Gasteiger partial charge in [0, 0.05) is 6.67 Å². The molecule has 4 nitrogen and oxygen atoms in total. The zero-order chi connectivity index (χ0) is 5.11. The maximum atomic E-state index is 8.62. The van der Waals surface area contributed by atoms with Gasteiger partial charge in [0.2, 0.25) is 0 Å². The number of hydroxylamine groups is 2. The zero-order valence-electron chi connectivity index (χ0n) is 4.02. The monoisotopic (exact) mass is 103 g/mol. The lowest BCUT2D eigenvalue weighted by Gasteiger charge is -2.21. The van der Waals surface area contributed by atoms with Gasteiger partial charge in [0.05, 0.1) is 13.3 Å². The molecule has 42 valence electrons. The fourth-order valence-electron chi connectivity index (χ4n) is 0.514. The zero-order valence-corrected chi connectivity index (χ0v) is 4.02. The van der Waals surface area contributed by atoms with Crippen molar-refractivity contribution in [2.45, 2.75) is 0 Å². The van der Waals surface area contributed by atoms with Crippen molar-refractivity contribution in [2.24, 2.45) is 0 Å². The van der Waals surface area contributed by atoms with E-state index in [1.54, 1.807) is 0 Å². The normalized spacial score (nSPS) is 25.3. The van der Waals surface area contributed by atoms with Crippen molar-refractivity contribution in [1.82, 2.24) is 15.7 Å². The minimum absolute atomic E-state index is 0.562. The summed E-state index contributed by atoms with van der Waals surface area (Å²) in [6.45, 7) is 1.91. The lowest BCUT2D eigenvalue weighted by molar-refractivity contribution is -0.116. The van der Waals surface area contributed by atoms with Crippen LogP contribution in [0.4, 0.5) is 0 Å². The Hall–Kier alpha value is -0.160. The quantitative estimate of drug-likeness (QED) is 0.358. The summed E-state index contributed by atoms with van der Waals surface area (Å²) in [6, 6.07) is 0. The smallest absolute Gasteiger partial charge is 0.0753 e. The maximum absolute atomic E-state index is 8.62. The summed E-state index contributed by atoms with van der Waals surface area (Å²) in [7, 11) is 0. The third kappa shape index (κ3) is 1.40. The molecule has 1 aliphatic rings. The molecule has 1 aliphatic heterocycles. The number of hydrogen-bond acceptors (Lipinski definition) is 4. The summed E-state index contributed by atoms with van der Waals surface area (Å²) in [5, 5.41) is 15.6. The van der Waals surface area contributed by atoms with E-state index in [0.29, 0.717) is 13.3 Å². The number of nitrogens with zero attached hydrogens (tertiary/aromatic N) is 1. The van der Waals surface area contributed by atoms with Crippen LogP contribution in [0.5, 0.6) is 0 Å². The SMILES string of the molecule is ON1CNCNC1. The second-order valence-electron chi connectivity index (χ2n) is 1.50. The Bertz CT molecular complexity index is 52.1. The first kappa shape index (κ1) is 4.99. The largest absolute Gasteiger partial charge is 0.311 e. The van der Waals surface area contributed by atoms with Crippen LogP contribution in [0.1, 0.15) is 0 Å². The van der Waals surface area contributed by atoms with Gasteiger partial charge in [-0.25, -0.2) is 0 Å². The number of rotatable bonds is 0. The summed E-state index contributed by atoms with van der Waals surface area (Å²) >= 11 is 0. The van der Waals surface area contributed by atoms with Crippen molar-refractivity contribution in [3.05, 3.63) is 0 Å². The minimum Gasteiger partial charge on any atom is -0.311 e. The Balaban J connectivity index is 2.12. The van der Waals surface area contributed by atoms with Gasteiger partial charge in [0.15, 0.2) is 0 Å². The van der Waals surface area contributed by atoms with E-state index in [0.717, 1.165) is 6.67 Å². The first-order valence-corrected chi connectivity index (χ1v) is 2.25. The average Bonchev–Trinajstić information content (AvgIpc) is 1.69. The van der Waals surface area contributed by atoms with E-state index >= 15 is 0 Å². The lowest BCUT2D eigenvalue weighted by Crippen LogP contribution is -2.48. The van der Waals surface area contributed by atoms with E-state index in [1.807, 2.05) is 0 Å². The van der Waals surface area contributed by atoms with Crippen LogP contribution in [-0.2, 0) is 0 Å². The molecule has 0 amide bonds. The molecule has 0 aromatic carbocycles. The van der Waals surface area contributed by atoms with E-state index in [-0.39, 0.29) is 0 Å². The van der Waals surface area contributed by atoms with Crippen LogP contribution in [0.2, 0.25) is 0 Å². The van der Waals surface area contributed by atoms with Gasteiger partial charge in [-0.1, -0.05) is 0 Å². The first-order valence-electron chi connectivity index (χ1n) is 2.25. The van der Waals surface area contributed by atoms with Crippen LogP contribution in [0.3, 0.4) is 0 Å². The second kappa shape index (κ2) is 2.23. The molecule has 1 heterocycles. The Morgan fingerprint density at radius 3 is 2.14 bits per heavy atom. The predicted octanol–water partition coefficient (Wildman–Crippen LogP) is -1.26. The van der Waals surface area contributed by atoms with Gasteiger partial charge in [-0.3, -0.25) is 10.6 Å². The fourth-order valence-corrected chi connectivity index (χ4v) is 0.514. The van der Waals surface area contributed by atoms with Crippen molar-refractivity contribution in [3.8, 4) is 0 Å². The van der Waals surface area contributed by atoms with Gasteiger partial charge in [-0.15, -0.1) is 0 Å². The summed E-state index contributed by atoms with van der Waals surface area (Å²) in [4.78, 5) is 0. The molecule has 0 aromatic rings. The van der Waals surface area contributed by atoms with E-state index in [2.05, 4.69) is 10.6 Å². The van der Waals surface area contributed by atoms with Gasteiger partial charge in [-0.05, 0) is 0 Å². The molecule has 3 N–H and O–H groups in total. The molecular formula is C3H9N3O. The van der Waals surface area contributed by atoms with E-state index in [4.69, 9.17) is 5.21 Å². The van der Waals surface area contributed by atoms with Crippen LogP contribution in [-0.4, -0.2) is 30.3 Å². The van der Waals surface area contributed by atoms with E-state index in [9.17, 15) is 0 Å². The van der Waals surface area contributed by atoms with Crippen LogP contribution >= 0.6 is 0 Å². The van der Waals surface area contributed by atoms with E-state index < -0.39 is 0 Å². The molecule has 0 radical (unpaired) electrons. The van der Waals surface area contributed by atoms with Gasteiger partial charge in [-0.2, -0.15) is 5.06 Å². The van der Waals surface area contributed by atoms with Crippen molar-refractivity contribution >= 4 is 0 Å². The Labute approximate surface area is 42.1 Å². The topological polar surface area (TPSA) is 47.5 Å². The molecule has 1 rings (SSSR count). The molecule has 0 aromatic heterocycles. The highest BCUT2D eigenvalue weighted by molar-refractivity contribution is 4.48. The van der Waals surface area contributed by atoms with Gasteiger partial charge >= 0.3 is 0 Å². The van der Waals surface area contributed by atoms with E-state index in [1.165, 1.54) is 5.06 Å². The molecule has 1 fully saturated rings. The Morgan fingerprint density at radius 2 is 1.86 bits per heavy atom. The molecule has 7 heavy (non-hydrogen) atoms. The predicted molar refractivity (Wildman–Crippen MR) is 24.5 cm³/mol. The second-order valence-corrected chi connectivity index (χ2v) is 1.50. The third-order valence-electron chi connectivity index (χ3n) is 0.839. The summed E-state index contributed by atoms with van der Waals surface area (Å²) in [6.07, 6.45) is 0. The van der Waals surface area contributed by atoms with Crippen molar-refractivity contribution in [1.29, 1.82) is 0 Å². The standard InChI is InChI=1S/C3H9N3O/c7-6-2-4-1-5-3-6/h4-5,7H,1-3H2. The Morgan fingerprint density at radius 1 is 1.29 bits per heavy atom. The molecule has 0 bridgehead atoms. The highest BCUT2D eigenvalue weighted by Crippen LogP contribution is 1.76. The first-order chi connectivity index (χ1) is 3.39. The number of hydrogen-bond donors (Lipinski definition) is 3. The highest BCUT2D eigenvalue weighted by Gasteiger charge is 2.01. The van der Waals surface area contributed by atoms with Gasteiger partial charge in [0.1, 0.15) is 0 Å². The molecule has 0 spiro atoms. The third-order valence-corrected chi connectivity index (χ3v) is 0.839. The summed E-state index contributed by atoms with van der Waals surface area (Å²) in [5.41, 5.74) is 0. The van der Waals surface area contributed by atoms with Gasteiger partial charge in [0.25, 0.3) is 0 Å². The van der Waals surface area contributed by atoms with Crippen LogP contribution < -0.4 is 10.6 Å². The van der Waals surface area contributed by atoms with Crippen molar-refractivity contribution in [3.63, 3.8) is 0 Å². The Kier molecular flexibility index (Phi) is 1.59. The lowest BCUT2D eigenvalue weighted by atomic mass is 10.8. The number of nitrogens with one attached hydrogen (secondary N) is 2. The minimum atomic E-state index is 0.562. The van der Waals surface area contributed by atoms with Crippen molar-refractivity contribution in [2.75, 3.05) is 20.0 Å². The van der Waals surface area contributed by atoms with Crippen LogP contribution in [0, 0.1) is 0 Å². The average molecular weight is 103 g/mol. The fraction of sp³-hybridized carbons (Fsp3) is 1.00. The van der Waals surface area contributed by atoms with Gasteiger partial charge < -0.3 is 5.21 Å². The maximum Gasteiger partial charge on any atom is 0.0753 e. The van der Waals surface area contributed by atoms with Crippen molar-refractivity contribution < 1.29 is 5.21 Å². The molecule has 1 saturated heterocycles.